The van der Waals surface area contributed by atoms with Crippen LogP contribution in [0, 0.1) is 0 Å². The Bertz CT molecular complexity index is 887. The van der Waals surface area contributed by atoms with Gasteiger partial charge in [-0.25, -0.2) is 0 Å². The van der Waals surface area contributed by atoms with Crippen LogP contribution in [0.15, 0.2) is 30.3 Å². The van der Waals surface area contributed by atoms with Gasteiger partial charge in [0.15, 0.2) is 0 Å². The lowest BCUT2D eigenvalue weighted by Gasteiger charge is -2.42. The largest absolute Gasteiger partial charge is 0.497 e. The van der Waals surface area contributed by atoms with E-state index in [1.54, 1.807) is 21.3 Å². The van der Waals surface area contributed by atoms with Gasteiger partial charge in [-0.15, -0.1) is 0 Å². The first kappa shape index (κ1) is 21.5. The van der Waals surface area contributed by atoms with E-state index in [1.807, 2.05) is 18.2 Å². The normalized spacial score (nSPS) is 19.6. The lowest BCUT2D eigenvalue weighted by molar-refractivity contribution is 0.0163. The number of nitrogens with zero attached hydrogens (tertiary/aromatic N) is 1. The number of benzene rings is 2. The zero-order valence-corrected chi connectivity index (χ0v) is 18.6. The van der Waals surface area contributed by atoms with Gasteiger partial charge in [-0.2, -0.15) is 0 Å². The fraction of sp³-hybridized carbons (Fsp3) is 0.500. The second kappa shape index (κ2) is 7.88. The summed E-state index contributed by atoms with van der Waals surface area (Å²) in [5.74, 6) is 2.01. The molecule has 0 amide bonds. The van der Waals surface area contributed by atoms with Crippen molar-refractivity contribution in [3.05, 3.63) is 52.6 Å². The Hall–Kier alpha value is -2.24. The average molecular weight is 400 g/mol. The van der Waals surface area contributed by atoms with Crippen molar-refractivity contribution >= 4 is 0 Å². The molecule has 29 heavy (non-hydrogen) atoms. The molecule has 0 spiro atoms. The van der Waals surface area contributed by atoms with Crippen molar-refractivity contribution in [2.45, 2.75) is 45.3 Å². The second-order valence-corrected chi connectivity index (χ2v) is 8.69. The van der Waals surface area contributed by atoms with Crippen LogP contribution in [0.5, 0.6) is 17.2 Å². The SMILES string of the molecule is CCN1Cc2cc(OC)cc(OC)c2C(O)(c2cc(C(C)(C)C)ccc2OC)C1. The standard InChI is InChI=1S/C24H33NO4/c1-8-25-14-16-11-18(27-5)13-21(29-7)22(16)24(26,15-25)19-12-17(23(2,3)4)9-10-20(19)28-6/h9-13,26H,8,14-15H2,1-7H3. The number of fused-ring (bicyclic) bond motifs is 1. The minimum atomic E-state index is -1.27. The van der Waals surface area contributed by atoms with Gasteiger partial charge in [0.1, 0.15) is 22.8 Å². The summed E-state index contributed by atoms with van der Waals surface area (Å²) in [5, 5.41) is 12.2. The number of likely N-dealkylation sites (N-methyl/N-ethyl adjacent to an activating group) is 1. The number of methoxy groups -OCH3 is 3. The molecule has 1 unspecified atom stereocenters. The molecular weight excluding hydrogens is 366 g/mol. The van der Waals surface area contributed by atoms with E-state index in [2.05, 4.69) is 44.7 Å². The molecule has 158 valence electrons. The highest BCUT2D eigenvalue weighted by molar-refractivity contribution is 5.58. The summed E-state index contributed by atoms with van der Waals surface area (Å²) in [7, 11) is 4.92. The molecule has 0 bridgehead atoms. The molecule has 0 saturated carbocycles. The number of rotatable bonds is 5. The first-order chi connectivity index (χ1) is 13.7. The Kier molecular flexibility index (Phi) is 5.84. The van der Waals surface area contributed by atoms with Gasteiger partial charge < -0.3 is 19.3 Å². The Balaban J connectivity index is 2.32. The highest BCUT2D eigenvalue weighted by Crippen LogP contribution is 2.47. The van der Waals surface area contributed by atoms with Gasteiger partial charge in [0.25, 0.3) is 0 Å². The first-order valence-electron chi connectivity index (χ1n) is 10.1. The average Bonchev–Trinajstić information content (AvgIpc) is 2.71. The molecule has 0 aromatic heterocycles. The molecule has 5 heteroatoms. The monoisotopic (exact) mass is 399 g/mol. The third-order valence-corrected chi connectivity index (χ3v) is 5.83. The molecule has 0 radical (unpaired) electrons. The lowest BCUT2D eigenvalue weighted by atomic mass is 9.76. The van der Waals surface area contributed by atoms with E-state index in [9.17, 15) is 5.11 Å². The van der Waals surface area contributed by atoms with Gasteiger partial charge in [0, 0.05) is 30.3 Å². The summed E-state index contributed by atoms with van der Waals surface area (Å²) in [4.78, 5) is 2.23. The Morgan fingerprint density at radius 1 is 1.00 bits per heavy atom. The summed E-state index contributed by atoms with van der Waals surface area (Å²) in [6.45, 7) is 10.6. The van der Waals surface area contributed by atoms with Crippen molar-refractivity contribution in [1.29, 1.82) is 0 Å². The third kappa shape index (κ3) is 3.81. The third-order valence-electron chi connectivity index (χ3n) is 5.83. The summed E-state index contributed by atoms with van der Waals surface area (Å²) in [6, 6.07) is 9.92. The summed E-state index contributed by atoms with van der Waals surface area (Å²) in [5.41, 5.74) is 2.37. The predicted octanol–water partition coefficient (Wildman–Crippen LogP) is 4.08. The summed E-state index contributed by atoms with van der Waals surface area (Å²) < 4.78 is 16.9. The van der Waals surface area contributed by atoms with Gasteiger partial charge in [0.2, 0.25) is 0 Å². The van der Waals surface area contributed by atoms with Crippen LogP contribution >= 0.6 is 0 Å². The molecule has 0 saturated heterocycles. The van der Waals surface area contributed by atoms with Gasteiger partial charge in [-0.05, 0) is 41.3 Å². The molecule has 2 aromatic carbocycles. The number of β-amino-alcohol motifs (C(OH)–C–C–N with tert-alkyl or cyclic N) is 1. The van der Waals surface area contributed by atoms with Crippen LogP contribution in [0.25, 0.3) is 0 Å². The van der Waals surface area contributed by atoms with E-state index in [1.165, 1.54) is 0 Å². The van der Waals surface area contributed by atoms with E-state index in [-0.39, 0.29) is 5.41 Å². The molecule has 1 aliphatic rings. The Morgan fingerprint density at radius 3 is 2.24 bits per heavy atom. The maximum atomic E-state index is 12.2. The molecule has 5 nitrogen and oxygen atoms in total. The van der Waals surface area contributed by atoms with Crippen molar-refractivity contribution in [2.75, 3.05) is 34.4 Å². The Morgan fingerprint density at radius 2 is 1.69 bits per heavy atom. The number of hydrogen-bond acceptors (Lipinski definition) is 5. The summed E-state index contributed by atoms with van der Waals surface area (Å²) in [6.07, 6.45) is 0. The molecule has 1 N–H and O–H groups in total. The van der Waals surface area contributed by atoms with Gasteiger partial charge in [-0.3, -0.25) is 4.90 Å². The molecule has 1 atom stereocenters. The van der Waals surface area contributed by atoms with Gasteiger partial charge >= 0.3 is 0 Å². The van der Waals surface area contributed by atoms with E-state index < -0.39 is 5.60 Å². The quantitative estimate of drug-likeness (QED) is 0.821. The number of hydrogen-bond donors (Lipinski definition) is 1. The lowest BCUT2D eigenvalue weighted by Crippen LogP contribution is -2.47. The van der Waals surface area contributed by atoms with Crippen LogP contribution in [-0.2, 0) is 17.6 Å². The zero-order chi connectivity index (χ0) is 21.4. The molecular formula is C24H33NO4. The fourth-order valence-corrected chi connectivity index (χ4v) is 4.16. The minimum absolute atomic E-state index is 0.0523. The van der Waals surface area contributed by atoms with E-state index in [4.69, 9.17) is 14.2 Å². The Labute approximate surface area is 174 Å². The fourth-order valence-electron chi connectivity index (χ4n) is 4.16. The van der Waals surface area contributed by atoms with Crippen molar-refractivity contribution in [2.24, 2.45) is 0 Å². The maximum absolute atomic E-state index is 12.2. The molecule has 1 heterocycles. The van der Waals surface area contributed by atoms with Gasteiger partial charge in [-0.1, -0.05) is 33.8 Å². The maximum Gasteiger partial charge on any atom is 0.135 e. The van der Waals surface area contributed by atoms with Crippen molar-refractivity contribution in [3.63, 3.8) is 0 Å². The number of aliphatic hydroxyl groups is 1. The topological polar surface area (TPSA) is 51.2 Å². The first-order valence-corrected chi connectivity index (χ1v) is 10.1. The minimum Gasteiger partial charge on any atom is -0.497 e. The van der Waals surface area contributed by atoms with Crippen molar-refractivity contribution in [3.8, 4) is 17.2 Å². The number of ether oxygens (including phenoxy) is 3. The van der Waals surface area contributed by atoms with E-state index in [0.717, 1.165) is 41.1 Å². The van der Waals surface area contributed by atoms with E-state index in [0.29, 0.717) is 18.0 Å². The smallest absolute Gasteiger partial charge is 0.135 e. The molecule has 3 rings (SSSR count). The predicted molar refractivity (Wildman–Crippen MR) is 115 cm³/mol. The van der Waals surface area contributed by atoms with Crippen LogP contribution < -0.4 is 14.2 Å². The molecule has 2 aromatic rings. The van der Waals surface area contributed by atoms with E-state index >= 15 is 0 Å². The highest BCUT2D eigenvalue weighted by atomic mass is 16.5. The molecule has 0 fully saturated rings. The molecule has 1 aliphatic heterocycles. The van der Waals surface area contributed by atoms with Gasteiger partial charge in [0.05, 0.1) is 21.3 Å². The van der Waals surface area contributed by atoms with Crippen LogP contribution in [0.1, 0.15) is 49.9 Å². The summed E-state index contributed by atoms with van der Waals surface area (Å²) >= 11 is 0. The van der Waals surface area contributed by atoms with Crippen molar-refractivity contribution in [1.82, 2.24) is 4.90 Å². The van der Waals surface area contributed by atoms with Crippen LogP contribution in [0.4, 0.5) is 0 Å². The molecule has 0 aliphatic carbocycles. The van der Waals surface area contributed by atoms with Crippen LogP contribution in [-0.4, -0.2) is 44.4 Å². The zero-order valence-electron chi connectivity index (χ0n) is 18.6. The highest BCUT2D eigenvalue weighted by Gasteiger charge is 2.44. The van der Waals surface area contributed by atoms with Crippen LogP contribution in [0.2, 0.25) is 0 Å². The van der Waals surface area contributed by atoms with Crippen molar-refractivity contribution < 1.29 is 19.3 Å². The second-order valence-electron chi connectivity index (χ2n) is 8.69. The van der Waals surface area contributed by atoms with Crippen LogP contribution in [0.3, 0.4) is 0 Å².